The summed E-state index contributed by atoms with van der Waals surface area (Å²) in [7, 11) is 0. The van der Waals surface area contributed by atoms with Gasteiger partial charge in [-0.3, -0.25) is 4.79 Å². The van der Waals surface area contributed by atoms with Crippen molar-refractivity contribution < 1.29 is 4.79 Å². The fourth-order valence-electron chi connectivity index (χ4n) is 2.23. The van der Waals surface area contributed by atoms with Crippen LogP contribution < -0.4 is 11.1 Å². The van der Waals surface area contributed by atoms with Crippen molar-refractivity contribution in [2.24, 2.45) is 5.73 Å². The molecular weight excluding hydrogens is 226 g/mol. The first-order valence-electron chi connectivity index (χ1n) is 6.40. The molecule has 0 aromatic carbocycles. The van der Waals surface area contributed by atoms with Gasteiger partial charge in [-0.2, -0.15) is 0 Å². The van der Waals surface area contributed by atoms with Gasteiger partial charge in [0.2, 0.25) is 0 Å². The fraction of sp³-hybridized carbons (Fsp3) is 0.643. The molecule has 0 aliphatic rings. The Morgan fingerprint density at radius 2 is 2.00 bits per heavy atom. The molecule has 1 amide bonds. The van der Waals surface area contributed by atoms with Crippen molar-refractivity contribution >= 4 is 5.91 Å². The van der Waals surface area contributed by atoms with Crippen LogP contribution in [0.2, 0.25) is 0 Å². The molecule has 18 heavy (non-hydrogen) atoms. The van der Waals surface area contributed by atoms with E-state index in [0.717, 1.165) is 17.0 Å². The van der Waals surface area contributed by atoms with Gasteiger partial charge in [-0.1, -0.05) is 0 Å². The van der Waals surface area contributed by atoms with Crippen molar-refractivity contribution in [3.05, 3.63) is 23.0 Å². The molecule has 0 saturated heterocycles. The molecule has 0 atom stereocenters. The molecule has 1 aromatic heterocycles. The Balaban J connectivity index is 3.05. The van der Waals surface area contributed by atoms with E-state index in [2.05, 4.69) is 23.7 Å². The van der Waals surface area contributed by atoms with Crippen molar-refractivity contribution in [1.82, 2.24) is 9.88 Å². The van der Waals surface area contributed by atoms with E-state index < -0.39 is 0 Å². The van der Waals surface area contributed by atoms with E-state index in [1.165, 1.54) is 0 Å². The van der Waals surface area contributed by atoms with Crippen LogP contribution in [-0.4, -0.2) is 22.6 Å². The number of nitrogens with one attached hydrogen (secondary N) is 1. The lowest BCUT2D eigenvalue weighted by Gasteiger charge is -2.24. The normalized spacial score (nSPS) is 12.0. The average Bonchev–Trinajstić information content (AvgIpc) is 2.53. The van der Waals surface area contributed by atoms with Crippen molar-refractivity contribution in [2.75, 3.05) is 6.54 Å². The van der Waals surface area contributed by atoms with E-state index in [4.69, 9.17) is 5.73 Å². The lowest BCUT2D eigenvalue weighted by atomic mass is 10.1. The Bertz CT molecular complexity index is 444. The van der Waals surface area contributed by atoms with Gasteiger partial charge < -0.3 is 15.6 Å². The molecule has 4 heteroatoms. The Kier molecular flexibility index (Phi) is 4.22. The summed E-state index contributed by atoms with van der Waals surface area (Å²) in [5.41, 5.74) is 8.11. The number of nitrogens with zero attached hydrogens (tertiary/aromatic N) is 1. The molecule has 0 fully saturated rings. The lowest BCUT2D eigenvalue weighted by molar-refractivity contribution is 0.0915. The maximum absolute atomic E-state index is 12.2. The highest BCUT2D eigenvalue weighted by Gasteiger charge is 2.22. The minimum absolute atomic E-state index is 0.0505. The third-order valence-electron chi connectivity index (χ3n) is 3.21. The van der Waals surface area contributed by atoms with Crippen LogP contribution in [0.3, 0.4) is 0 Å². The van der Waals surface area contributed by atoms with E-state index in [9.17, 15) is 4.79 Å². The summed E-state index contributed by atoms with van der Waals surface area (Å²) in [6.07, 6.45) is 0. The van der Waals surface area contributed by atoms with Crippen LogP contribution in [-0.2, 0) is 0 Å². The molecule has 0 bridgehead atoms. The molecule has 4 nitrogen and oxygen atoms in total. The topological polar surface area (TPSA) is 60.1 Å². The molecule has 0 aliphatic carbocycles. The summed E-state index contributed by atoms with van der Waals surface area (Å²) >= 11 is 0. The minimum atomic E-state index is -0.378. The van der Waals surface area contributed by atoms with Crippen molar-refractivity contribution in [3.63, 3.8) is 0 Å². The molecular formula is C14H25N3O. The molecule has 0 aliphatic heterocycles. The molecule has 0 unspecified atom stereocenters. The zero-order chi connectivity index (χ0) is 14.1. The molecule has 1 aromatic rings. The monoisotopic (exact) mass is 251 g/mol. The molecule has 1 rings (SSSR count). The predicted octanol–water partition coefficient (Wildman–Crippen LogP) is 2.15. The maximum Gasteiger partial charge on any atom is 0.253 e. The number of carbonyl (C=O) groups excluding carboxylic acids is 1. The second-order valence-electron chi connectivity index (χ2n) is 5.79. The van der Waals surface area contributed by atoms with Gasteiger partial charge in [-0.15, -0.1) is 0 Å². The quantitative estimate of drug-likeness (QED) is 0.861. The number of aromatic nitrogens is 1. The Morgan fingerprint density at radius 3 is 2.39 bits per heavy atom. The number of hydrogen-bond acceptors (Lipinski definition) is 2. The molecule has 3 N–H and O–H groups in total. The predicted molar refractivity (Wildman–Crippen MR) is 74.9 cm³/mol. The number of nitrogens with two attached hydrogens (primary N) is 1. The summed E-state index contributed by atoms with van der Waals surface area (Å²) in [5.74, 6) is -0.0505. The van der Waals surface area contributed by atoms with Gasteiger partial charge in [0.05, 0.1) is 5.56 Å². The largest absolute Gasteiger partial charge is 0.346 e. The first-order chi connectivity index (χ1) is 8.19. The molecule has 0 spiro atoms. The van der Waals surface area contributed by atoms with Crippen LogP contribution in [0.4, 0.5) is 0 Å². The van der Waals surface area contributed by atoms with Gasteiger partial charge in [0.25, 0.3) is 5.91 Å². The van der Waals surface area contributed by atoms with Gasteiger partial charge >= 0.3 is 0 Å². The molecule has 0 saturated carbocycles. The first kappa shape index (κ1) is 14.8. The SMILES string of the molecule is Cc1cc(C(=O)NC(C)(C)CN)c(C)n1C(C)C. The van der Waals surface area contributed by atoms with Crippen LogP contribution in [0.25, 0.3) is 0 Å². The molecule has 102 valence electrons. The van der Waals surface area contributed by atoms with Gasteiger partial charge in [0.15, 0.2) is 0 Å². The average molecular weight is 251 g/mol. The first-order valence-corrected chi connectivity index (χ1v) is 6.40. The lowest BCUT2D eigenvalue weighted by Crippen LogP contribution is -2.48. The van der Waals surface area contributed by atoms with Crippen LogP contribution >= 0.6 is 0 Å². The number of carbonyl (C=O) groups is 1. The van der Waals surface area contributed by atoms with E-state index >= 15 is 0 Å². The van der Waals surface area contributed by atoms with Gasteiger partial charge in [-0.05, 0) is 47.6 Å². The van der Waals surface area contributed by atoms with Crippen LogP contribution in [0.1, 0.15) is 55.5 Å². The van der Waals surface area contributed by atoms with Gasteiger partial charge in [0.1, 0.15) is 0 Å². The standard InChI is InChI=1S/C14H25N3O/c1-9(2)17-10(3)7-12(11(17)4)13(18)16-14(5,6)8-15/h7,9H,8,15H2,1-6H3,(H,16,18). The smallest absolute Gasteiger partial charge is 0.253 e. The zero-order valence-corrected chi connectivity index (χ0v) is 12.3. The second kappa shape index (κ2) is 5.14. The maximum atomic E-state index is 12.2. The Hall–Kier alpha value is -1.29. The number of rotatable bonds is 4. The van der Waals surface area contributed by atoms with Gasteiger partial charge in [-0.25, -0.2) is 0 Å². The second-order valence-corrected chi connectivity index (χ2v) is 5.79. The number of hydrogen-bond donors (Lipinski definition) is 2. The Labute approximate surface area is 110 Å². The van der Waals surface area contributed by atoms with Crippen LogP contribution in [0, 0.1) is 13.8 Å². The summed E-state index contributed by atoms with van der Waals surface area (Å²) < 4.78 is 2.17. The van der Waals surface area contributed by atoms with E-state index in [1.807, 2.05) is 33.8 Å². The summed E-state index contributed by atoms with van der Waals surface area (Å²) in [6, 6.07) is 2.30. The molecule has 0 radical (unpaired) electrons. The number of amides is 1. The zero-order valence-electron chi connectivity index (χ0n) is 12.3. The Morgan fingerprint density at radius 1 is 1.44 bits per heavy atom. The van der Waals surface area contributed by atoms with Crippen molar-refractivity contribution in [2.45, 2.75) is 53.1 Å². The van der Waals surface area contributed by atoms with E-state index in [0.29, 0.717) is 12.6 Å². The summed E-state index contributed by atoms with van der Waals surface area (Å²) in [4.78, 5) is 12.2. The van der Waals surface area contributed by atoms with Crippen LogP contribution in [0.15, 0.2) is 6.07 Å². The van der Waals surface area contributed by atoms with E-state index in [-0.39, 0.29) is 11.4 Å². The third kappa shape index (κ3) is 2.93. The highest BCUT2D eigenvalue weighted by molar-refractivity contribution is 5.96. The minimum Gasteiger partial charge on any atom is -0.346 e. The van der Waals surface area contributed by atoms with Gasteiger partial charge in [0, 0.05) is 29.5 Å². The fourth-order valence-corrected chi connectivity index (χ4v) is 2.23. The third-order valence-corrected chi connectivity index (χ3v) is 3.21. The van der Waals surface area contributed by atoms with Crippen molar-refractivity contribution in [3.8, 4) is 0 Å². The summed E-state index contributed by atoms with van der Waals surface area (Å²) in [6.45, 7) is 12.5. The van der Waals surface area contributed by atoms with E-state index in [1.54, 1.807) is 0 Å². The highest BCUT2D eigenvalue weighted by Crippen LogP contribution is 2.20. The molecule has 1 heterocycles. The van der Waals surface area contributed by atoms with Crippen molar-refractivity contribution in [1.29, 1.82) is 0 Å². The number of aryl methyl sites for hydroxylation is 1. The highest BCUT2D eigenvalue weighted by atomic mass is 16.1. The summed E-state index contributed by atoms with van der Waals surface area (Å²) in [5, 5.41) is 2.97. The van der Waals surface area contributed by atoms with Crippen LogP contribution in [0.5, 0.6) is 0 Å².